The lowest BCUT2D eigenvalue weighted by Gasteiger charge is -2.16. The van der Waals surface area contributed by atoms with Gasteiger partial charge in [0.25, 0.3) is 0 Å². The predicted molar refractivity (Wildman–Crippen MR) is 62.2 cm³/mol. The molecule has 0 aliphatic carbocycles. The Morgan fingerprint density at radius 3 is 2.61 bits per heavy atom. The van der Waals surface area contributed by atoms with Gasteiger partial charge in [0.1, 0.15) is 5.82 Å². The van der Waals surface area contributed by atoms with Gasteiger partial charge < -0.3 is 16.2 Å². The van der Waals surface area contributed by atoms with Crippen LogP contribution in [0, 0.1) is 0 Å². The van der Waals surface area contributed by atoms with Crippen LogP contribution in [0.1, 0.15) is 19.0 Å². The Hall–Kier alpha value is -1.44. The Bertz CT molecular complexity index is 403. The fourth-order valence-corrected chi connectivity index (χ4v) is 1.54. The Labute approximate surface area is 103 Å². The lowest BCUT2D eigenvalue weighted by molar-refractivity contribution is -0.198. The maximum Gasteiger partial charge on any atom is 0.416 e. The summed E-state index contributed by atoms with van der Waals surface area (Å²) in [5.41, 5.74) is 6.75. The number of halogens is 3. The van der Waals surface area contributed by atoms with Crippen LogP contribution in [-0.2, 0) is 13.5 Å². The van der Waals surface area contributed by atoms with Crippen LogP contribution in [0.15, 0.2) is 0 Å². The highest BCUT2D eigenvalue weighted by molar-refractivity contribution is 5.65. The molecular formula is C10H17F3N4O. The fraction of sp³-hybridized carbons (Fsp3) is 0.700. The molecule has 4 N–H and O–H groups in total. The highest BCUT2D eigenvalue weighted by atomic mass is 19.4. The van der Waals surface area contributed by atoms with Crippen molar-refractivity contribution < 1.29 is 18.3 Å². The van der Waals surface area contributed by atoms with E-state index in [1.165, 1.54) is 4.68 Å². The van der Waals surface area contributed by atoms with Crippen molar-refractivity contribution in [2.45, 2.75) is 32.0 Å². The van der Waals surface area contributed by atoms with E-state index in [0.29, 0.717) is 23.6 Å². The first-order chi connectivity index (χ1) is 8.27. The van der Waals surface area contributed by atoms with Crippen molar-refractivity contribution in [1.29, 1.82) is 0 Å². The largest absolute Gasteiger partial charge is 0.416 e. The van der Waals surface area contributed by atoms with Gasteiger partial charge in [0.05, 0.1) is 17.9 Å². The van der Waals surface area contributed by atoms with E-state index >= 15 is 0 Å². The first-order valence-electron chi connectivity index (χ1n) is 5.57. The van der Waals surface area contributed by atoms with Crippen LogP contribution >= 0.6 is 0 Å². The zero-order chi connectivity index (χ0) is 13.9. The van der Waals surface area contributed by atoms with Crippen LogP contribution in [0.5, 0.6) is 0 Å². The summed E-state index contributed by atoms with van der Waals surface area (Å²) in [5.74, 6) is 0.293. The molecule has 5 nitrogen and oxygen atoms in total. The van der Waals surface area contributed by atoms with Crippen molar-refractivity contribution in [2.75, 3.05) is 17.6 Å². The summed E-state index contributed by atoms with van der Waals surface area (Å²) >= 11 is 0. The normalized spacial score (nSPS) is 13.7. The molecule has 0 aliphatic heterocycles. The number of alkyl halides is 3. The molecule has 0 aliphatic rings. The summed E-state index contributed by atoms with van der Waals surface area (Å²) in [4.78, 5) is 0. The van der Waals surface area contributed by atoms with Gasteiger partial charge in [0.2, 0.25) is 0 Å². The monoisotopic (exact) mass is 266 g/mol. The van der Waals surface area contributed by atoms with Gasteiger partial charge >= 0.3 is 6.18 Å². The Morgan fingerprint density at radius 1 is 1.50 bits per heavy atom. The smallest absolute Gasteiger partial charge is 0.394 e. The van der Waals surface area contributed by atoms with Gasteiger partial charge in [-0.25, -0.2) is 0 Å². The summed E-state index contributed by atoms with van der Waals surface area (Å²) < 4.78 is 37.8. The molecule has 0 bridgehead atoms. The van der Waals surface area contributed by atoms with E-state index in [-0.39, 0.29) is 0 Å². The molecule has 1 rings (SSSR count). The molecule has 0 fully saturated rings. The van der Waals surface area contributed by atoms with Crippen LogP contribution < -0.4 is 11.1 Å². The van der Waals surface area contributed by atoms with Gasteiger partial charge in [-0.1, -0.05) is 13.3 Å². The maximum absolute atomic E-state index is 12.1. The zero-order valence-corrected chi connectivity index (χ0v) is 10.3. The fourth-order valence-electron chi connectivity index (χ4n) is 1.54. The van der Waals surface area contributed by atoms with E-state index in [1.54, 1.807) is 7.05 Å². The number of aryl methyl sites for hydroxylation is 2. The number of nitrogens with two attached hydrogens (primary N) is 1. The molecule has 1 aromatic heterocycles. The Balaban J connectivity index is 2.73. The Morgan fingerprint density at radius 2 is 2.11 bits per heavy atom. The average molecular weight is 266 g/mol. The Kier molecular flexibility index (Phi) is 4.44. The molecule has 0 radical (unpaired) electrons. The lowest BCUT2D eigenvalue weighted by Crippen LogP contribution is -2.35. The maximum atomic E-state index is 12.1. The van der Waals surface area contributed by atoms with Crippen LogP contribution in [-0.4, -0.2) is 33.7 Å². The summed E-state index contributed by atoms with van der Waals surface area (Å²) in [6, 6.07) is 0. The SMILES string of the molecule is CCCc1nn(C)c(NCC(O)C(F)(F)F)c1N. The van der Waals surface area contributed by atoms with E-state index in [1.807, 2.05) is 6.92 Å². The van der Waals surface area contributed by atoms with Crippen LogP contribution in [0.25, 0.3) is 0 Å². The lowest BCUT2D eigenvalue weighted by atomic mass is 10.2. The number of nitrogens with one attached hydrogen (secondary N) is 1. The number of aliphatic hydroxyl groups is 1. The minimum Gasteiger partial charge on any atom is -0.394 e. The average Bonchev–Trinajstić information content (AvgIpc) is 2.51. The van der Waals surface area contributed by atoms with Crippen molar-refractivity contribution in [2.24, 2.45) is 7.05 Å². The second-order valence-electron chi connectivity index (χ2n) is 4.02. The summed E-state index contributed by atoms with van der Waals surface area (Å²) in [5, 5.41) is 15.5. The van der Waals surface area contributed by atoms with Gasteiger partial charge in [-0.05, 0) is 6.42 Å². The number of hydrogen-bond donors (Lipinski definition) is 3. The van der Waals surface area contributed by atoms with E-state index in [4.69, 9.17) is 10.8 Å². The minimum absolute atomic E-state index is 0.293. The van der Waals surface area contributed by atoms with Crippen LogP contribution in [0.3, 0.4) is 0 Å². The molecule has 18 heavy (non-hydrogen) atoms. The molecule has 0 amide bonds. The number of hydrogen-bond acceptors (Lipinski definition) is 4. The molecule has 8 heteroatoms. The first-order valence-corrected chi connectivity index (χ1v) is 5.57. The molecule has 104 valence electrons. The van der Waals surface area contributed by atoms with Crippen molar-refractivity contribution >= 4 is 11.5 Å². The standard InChI is InChI=1S/C10H17F3N4O/c1-3-4-6-8(14)9(17(2)16-6)15-5-7(18)10(11,12)13/h7,15,18H,3-5,14H2,1-2H3. The van der Waals surface area contributed by atoms with Crippen LogP contribution in [0.4, 0.5) is 24.7 Å². The number of aliphatic hydroxyl groups excluding tert-OH is 1. The number of aromatic nitrogens is 2. The summed E-state index contributed by atoms with van der Waals surface area (Å²) in [6.07, 6.45) is -5.58. The topological polar surface area (TPSA) is 76.1 Å². The molecule has 0 spiro atoms. The quantitative estimate of drug-likeness (QED) is 0.750. The first kappa shape index (κ1) is 14.6. The third-order valence-electron chi connectivity index (χ3n) is 2.49. The van der Waals surface area contributed by atoms with Gasteiger partial charge in [-0.2, -0.15) is 18.3 Å². The van der Waals surface area contributed by atoms with Gasteiger partial charge in [-0.3, -0.25) is 4.68 Å². The van der Waals surface area contributed by atoms with Crippen molar-refractivity contribution in [3.05, 3.63) is 5.69 Å². The molecule has 0 saturated carbocycles. The van der Waals surface area contributed by atoms with Gasteiger partial charge in [0.15, 0.2) is 6.10 Å². The van der Waals surface area contributed by atoms with Crippen molar-refractivity contribution in [1.82, 2.24) is 9.78 Å². The van der Waals surface area contributed by atoms with E-state index in [9.17, 15) is 13.2 Å². The van der Waals surface area contributed by atoms with E-state index in [0.717, 1.165) is 6.42 Å². The molecule has 0 saturated heterocycles. The third-order valence-corrected chi connectivity index (χ3v) is 2.49. The van der Waals surface area contributed by atoms with Crippen molar-refractivity contribution in [3.63, 3.8) is 0 Å². The summed E-state index contributed by atoms with van der Waals surface area (Å²) in [6.45, 7) is 1.30. The summed E-state index contributed by atoms with van der Waals surface area (Å²) in [7, 11) is 1.58. The highest BCUT2D eigenvalue weighted by Gasteiger charge is 2.38. The second kappa shape index (κ2) is 5.47. The van der Waals surface area contributed by atoms with Crippen LogP contribution in [0.2, 0.25) is 0 Å². The molecule has 1 aromatic rings. The predicted octanol–water partition coefficient (Wildman–Crippen LogP) is 1.29. The zero-order valence-electron chi connectivity index (χ0n) is 10.3. The van der Waals surface area contributed by atoms with Gasteiger partial charge in [0, 0.05) is 7.05 Å². The molecule has 1 unspecified atom stereocenters. The number of rotatable bonds is 5. The number of nitrogens with zero attached hydrogens (tertiary/aromatic N) is 2. The minimum atomic E-state index is -4.65. The van der Waals surface area contributed by atoms with Gasteiger partial charge in [-0.15, -0.1) is 0 Å². The van der Waals surface area contributed by atoms with Crippen molar-refractivity contribution in [3.8, 4) is 0 Å². The molecule has 0 aromatic carbocycles. The molecular weight excluding hydrogens is 249 g/mol. The number of nitrogen functional groups attached to an aromatic ring is 1. The second-order valence-corrected chi connectivity index (χ2v) is 4.02. The highest BCUT2D eigenvalue weighted by Crippen LogP contribution is 2.25. The molecule has 1 atom stereocenters. The number of anilines is 2. The third kappa shape index (κ3) is 3.28. The van der Waals surface area contributed by atoms with E-state index < -0.39 is 18.8 Å². The molecule has 1 heterocycles. The van der Waals surface area contributed by atoms with E-state index in [2.05, 4.69) is 10.4 Å².